The van der Waals surface area contributed by atoms with Crippen molar-refractivity contribution in [3.63, 3.8) is 0 Å². The van der Waals surface area contributed by atoms with Gasteiger partial charge in [-0.15, -0.1) is 0 Å². The molecule has 2 aliphatic heterocycles. The molecule has 2 saturated heterocycles. The Morgan fingerprint density at radius 2 is 1.02 bits per heavy atom. The number of hydrogen-bond acceptors (Lipinski definition) is 19. The quantitative estimate of drug-likeness (QED) is 0.0168. The predicted octanol–water partition coefficient (Wildman–Crippen LogP) is 14.9. The van der Waals surface area contributed by atoms with Crippen LogP contribution in [0.2, 0.25) is 48.9 Å². The van der Waals surface area contributed by atoms with Gasteiger partial charge in [0.05, 0.1) is 59.5 Å². The molecule has 0 aliphatic carbocycles. The third kappa shape index (κ3) is 23.2. The molecule has 2 fully saturated rings. The highest BCUT2D eigenvalue weighted by atomic mass is 28.4. The molecule has 20 nitrogen and oxygen atoms in total. The fourth-order valence-electron chi connectivity index (χ4n) is 11.8. The van der Waals surface area contributed by atoms with E-state index < -0.39 is 90.9 Å². The van der Waals surface area contributed by atoms with Gasteiger partial charge >= 0.3 is 11.9 Å². The molecule has 10 atom stereocenters. The van der Waals surface area contributed by atoms with E-state index in [1.807, 2.05) is 32.9 Å². The Bertz CT molecular complexity index is 3380. The Balaban J connectivity index is 0.000000438. The maximum absolute atomic E-state index is 14.0. The first kappa shape index (κ1) is 86.5. The average Bonchev–Trinajstić information content (AvgIpc) is 0.961. The van der Waals surface area contributed by atoms with Gasteiger partial charge in [0.2, 0.25) is 0 Å². The van der Waals surface area contributed by atoms with Crippen LogP contribution < -0.4 is 38.8 Å². The Hall–Kier alpha value is -6.17. The van der Waals surface area contributed by atoms with Gasteiger partial charge in [-0.05, 0) is 106 Å². The monoisotopic (exact) mass is 1470 g/mol. The molecule has 2 aliphatic rings. The minimum Gasteiger partial charge on any atom is -0.493 e. The summed E-state index contributed by atoms with van der Waals surface area (Å²) in [5, 5.41) is 32.6. The Morgan fingerprint density at radius 1 is 0.569 bits per heavy atom. The van der Waals surface area contributed by atoms with Gasteiger partial charge in [0.25, 0.3) is 8.32 Å². The highest BCUT2D eigenvalue weighted by molar-refractivity contribution is 6.99. The summed E-state index contributed by atoms with van der Waals surface area (Å²) in [4.78, 5) is 26.1. The van der Waals surface area contributed by atoms with Gasteiger partial charge in [-0.25, -0.2) is 9.59 Å². The zero-order valence-corrected chi connectivity index (χ0v) is 68.3. The van der Waals surface area contributed by atoms with Crippen LogP contribution in [-0.2, 0) is 42.0 Å². The van der Waals surface area contributed by atoms with Crippen molar-refractivity contribution in [1.82, 2.24) is 0 Å². The number of aromatic carboxylic acids is 1. The summed E-state index contributed by atoms with van der Waals surface area (Å²) in [7, 11) is 2.25. The van der Waals surface area contributed by atoms with E-state index in [1.54, 1.807) is 65.4 Å². The number of aliphatic hydroxyl groups is 2. The Labute approximate surface area is 611 Å². The standard InChI is InChI=1S/C53H82O10Si3.C26H38O10/c1-38(39(2)62-66(52(6,7)8,40-26-21-19-22-27-40)41-28-23-20-24-29-41)32-33-44(63-65(17,18)51(3,4)5)49-43(60-53(9,10)61-49)31-25-30-42-47(50(54)58-34-35-64(14,15)16)45(59-37-55-11)36-46(56-12)48(42)57-13;1-15(16(2)27)11-12-18(28)24-19(35-26(3,4)36-24)10-8-9-17-22(25(29)30)20(34-14-31-5)13-21(32-6)23(17)33-7/h19-30,32-33,36,38-39,43-44,49H,31,34-35,37H2,1-18H3;8-9,11-13,15-16,18-19,24,27-28H,10,14H2,1-7H3,(H,29,30)/b30-25+,33-32-;9-8+,12-11-/t38-,39+,43+,44?,49+;15-,16+,18?,19+,24-/m11/s1. The van der Waals surface area contributed by atoms with Crippen molar-refractivity contribution in [2.75, 3.05) is 62.9 Å². The lowest BCUT2D eigenvalue weighted by Gasteiger charge is -2.45. The number of carbonyl (C=O) groups excluding carboxylic acids is 1. The number of aliphatic hydroxyl groups excluding tert-OH is 2. The predicted molar refractivity (Wildman–Crippen MR) is 409 cm³/mol. The molecule has 4 aromatic carbocycles. The van der Waals surface area contributed by atoms with Crippen LogP contribution in [0.5, 0.6) is 34.5 Å². The van der Waals surface area contributed by atoms with Crippen molar-refractivity contribution in [3.8, 4) is 34.5 Å². The first-order chi connectivity index (χ1) is 47.7. The van der Waals surface area contributed by atoms with E-state index in [9.17, 15) is 24.9 Å². The van der Waals surface area contributed by atoms with Gasteiger partial charge in [-0.2, -0.15) is 0 Å². The second-order valence-corrected chi connectivity index (χ2v) is 45.4. The molecule has 6 rings (SSSR count). The largest absolute Gasteiger partial charge is 0.493 e. The van der Waals surface area contributed by atoms with E-state index in [4.69, 9.17) is 70.4 Å². The van der Waals surface area contributed by atoms with E-state index in [-0.39, 0.29) is 75.5 Å². The van der Waals surface area contributed by atoms with Crippen molar-refractivity contribution in [2.24, 2.45) is 11.8 Å². The van der Waals surface area contributed by atoms with Gasteiger partial charge in [0, 0.05) is 51.7 Å². The SMILES string of the molecule is COCOc1cc(OC)c(OC)c(/C=C/C[C@@H]2OC(C)(C)O[C@@H]2C(/C=C\[C@@H](C)[C@H](C)O[Si](c2ccccc2)(c2ccccc2)C(C)(C)C)O[Si](C)(C)C(C)(C)C)c1C(=O)OCC[Si](C)(C)C.COCOc1cc(OC)c(OC)c(/C=C/C[C@@H]2OC(C)(C)O[C@@H]2C(O)/C=C\[C@@H](C)[C@H](C)O)c1C(=O)O. The zero-order valence-electron chi connectivity index (χ0n) is 65.3. The second kappa shape index (κ2) is 37.7. The smallest absolute Gasteiger partial charge is 0.342 e. The molecule has 0 amide bonds. The molecule has 0 spiro atoms. The fraction of sp³-hybridized carbons (Fsp3) is 0.570. The van der Waals surface area contributed by atoms with Gasteiger partial charge in [-0.1, -0.05) is 184 Å². The van der Waals surface area contributed by atoms with E-state index in [2.05, 4.69) is 161 Å². The molecule has 0 radical (unpaired) electrons. The minimum absolute atomic E-state index is 0.0183. The molecule has 102 heavy (non-hydrogen) atoms. The van der Waals surface area contributed by atoms with Crippen LogP contribution in [0, 0.1) is 11.8 Å². The second-order valence-electron chi connectivity index (χ2n) is 30.8. The number of carboxylic acids is 1. The highest BCUT2D eigenvalue weighted by Crippen LogP contribution is 2.46. The molecular formula is C79H120O20Si3. The molecule has 2 unspecified atom stereocenters. The molecule has 0 aromatic heterocycles. The number of ether oxygens (including phenoxy) is 13. The van der Waals surface area contributed by atoms with Gasteiger partial charge in [-0.3, -0.25) is 0 Å². The van der Waals surface area contributed by atoms with Crippen LogP contribution in [-0.4, -0.2) is 175 Å². The first-order valence-electron chi connectivity index (χ1n) is 35.1. The lowest BCUT2D eigenvalue weighted by atomic mass is 9.99. The number of benzene rings is 4. The normalized spacial score (nSPS) is 19.8. The lowest BCUT2D eigenvalue weighted by molar-refractivity contribution is -0.152. The number of esters is 1. The zero-order chi connectivity index (χ0) is 76.3. The summed E-state index contributed by atoms with van der Waals surface area (Å²) in [5.74, 6) is -2.04. The molecule has 0 saturated carbocycles. The fourth-order valence-corrected chi connectivity index (χ4v) is 18.6. The van der Waals surface area contributed by atoms with E-state index in [0.717, 1.165) is 6.04 Å². The van der Waals surface area contributed by atoms with Crippen LogP contribution in [0.4, 0.5) is 0 Å². The molecule has 23 heteroatoms. The topological polar surface area (TPSA) is 233 Å². The van der Waals surface area contributed by atoms with E-state index >= 15 is 0 Å². The number of hydrogen-bond donors (Lipinski definition) is 3. The van der Waals surface area contributed by atoms with Crippen molar-refractivity contribution in [3.05, 3.63) is 132 Å². The summed E-state index contributed by atoms with van der Waals surface area (Å²) in [6.45, 7) is 40.3. The Kier molecular flexibility index (Phi) is 32.0. The van der Waals surface area contributed by atoms with Crippen molar-refractivity contribution in [2.45, 2.75) is 219 Å². The molecule has 0 bridgehead atoms. The van der Waals surface area contributed by atoms with Crippen molar-refractivity contribution >= 4 is 59.2 Å². The molecule has 3 N–H and O–H groups in total. The number of rotatable bonds is 35. The number of carboxylic acid groups (broad SMARTS) is 1. The maximum Gasteiger partial charge on any atom is 0.342 e. The van der Waals surface area contributed by atoms with Crippen molar-refractivity contribution in [1.29, 1.82) is 0 Å². The summed E-state index contributed by atoms with van der Waals surface area (Å²) >= 11 is 0. The minimum atomic E-state index is -2.81. The molecule has 2 heterocycles. The Morgan fingerprint density at radius 3 is 1.44 bits per heavy atom. The van der Waals surface area contributed by atoms with Gasteiger partial charge < -0.3 is 85.8 Å². The van der Waals surface area contributed by atoms with Crippen LogP contribution in [0.1, 0.15) is 142 Å². The first-order valence-corrected chi connectivity index (χ1v) is 43.6. The average molecular weight is 1470 g/mol. The highest BCUT2D eigenvalue weighted by Gasteiger charge is 2.52. The summed E-state index contributed by atoms with van der Waals surface area (Å²) in [5.41, 5.74) is 0.823. The molecular weight excluding hydrogens is 1350 g/mol. The van der Waals surface area contributed by atoms with Crippen LogP contribution >= 0.6 is 0 Å². The summed E-state index contributed by atoms with van der Waals surface area (Å²) in [6.07, 6.45) is 11.5. The van der Waals surface area contributed by atoms with Crippen LogP contribution in [0.15, 0.2) is 109 Å². The molecule has 568 valence electrons. The lowest BCUT2D eigenvalue weighted by Crippen LogP contribution is -2.67. The third-order valence-corrected chi connectivity index (χ3v) is 30.0. The maximum atomic E-state index is 14.0. The number of carbonyl (C=O) groups is 2. The van der Waals surface area contributed by atoms with Crippen molar-refractivity contribution < 1.29 is 95.3 Å². The van der Waals surface area contributed by atoms with E-state index in [1.165, 1.54) is 44.9 Å². The summed E-state index contributed by atoms with van der Waals surface area (Å²) < 4.78 is 90.3. The number of methoxy groups -OCH3 is 6. The summed E-state index contributed by atoms with van der Waals surface area (Å²) in [6, 6.07) is 25.4. The van der Waals surface area contributed by atoms with Crippen LogP contribution in [0.25, 0.3) is 12.2 Å². The van der Waals surface area contributed by atoms with E-state index in [0.29, 0.717) is 42.3 Å². The third-order valence-electron chi connectivity index (χ3n) is 18.7. The van der Waals surface area contributed by atoms with Gasteiger partial charge in [0.15, 0.2) is 56.5 Å². The van der Waals surface area contributed by atoms with Gasteiger partial charge in [0.1, 0.15) is 40.9 Å². The van der Waals surface area contributed by atoms with Crippen LogP contribution in [0.3, 0.4) is 0 Å². The molecule has 4 aromatic rings.